The average Bonchev–Trinajstić information content (AvgIpc) is 3.34. The second kappa shape index (κ2) is 10.1. The molecule has 39 heavy (non-hydrogen) atoms. The summed E-state index contributed by atoms with van der Waals surface area (Å²) in [4.78, 5) is 27.5. The largest absolute Gasteiger partial charge is 0.457 e. The van der Waals surface area contributed by atoms with Gasteiger partial charge in [-0.2, -0.15) is 0 Å². The summed E-state index contributed by atoms with van der Waals surface area (Å²) in [5.74, 6) is 2.15. The molecule has 1 aliphatic rings. The molecule has 8 nitrogen and oxygen atoms in total. The van der Waals surface area contributed by atoms with Crippen LogP contribution in [0.25, 0.3) is 27.5 Å². The van der Waals surface area contributed by atoms with Crippen LogP contribution < -0.4 is 10.1 Å². The molecular formula is C31H28N6O2. The third-order valence-corrected chi connectivity index (χ3v) is 7.03. The normalized spacial score (nSPS) is 13.4. The standard InChI is InChI=1S/C31H28N6O2/c1-4-29(38)37-15-12-21(13-16-37)25-8-9-26-30(35-25)31(33-19-32-26)34-23-6-10-28(20(2)17-23)39-24-7-5-22-11-14-36(3)27(22)18-24/h4-12,14,17-19H,1,13,15-16H2,2-3H3,(H,32,33,34). The van der Waals surface area contributed by atoms with Crippen molar-refractivity contribution in [1.29, 1.82) is 0 Å². The fraction of sp³-hybridized carbons (Fsp3) is 0.161. The van der Waals surface area contributed by atoms with Crippen LogP contribution in [-0.4, -0.2) is 43.4 Å². The van der Waals surface area contributed by atoms with E-state index < -0.39 is 0 Å². The molecule has 0 saturated carbocycles. The van der Waals surface area contributed by atoms with E-state index >= 15 is 0 Å². The van der Waals surface area contributed by atoms with Gasteiger partial charge in [-0.25, -0.2) is 15.0 Å². The average molecular weight is 517 g/mol. The molecule has 6 rings (SSSR count). The maximum Gasteiger partial charge on any atom is 0.246 e. The number of aryl methyl sites for hydroxylation is 2. The highest BCUT2D eigenvalue weighted by Crippen LogP contribution is 2.32. The number of aromatic nitrogens is 4. The number of amides is 1. The van der Waals surface area contributed by atoms with Gasteiger partial charge in [-0.3, -0.25) is 4.79 Å². The molecule has 0 fully saturated rings. The van der Waals surface area contributed by atoms with E-state index in [9.17, 15) is 4.79 Å². The van der Waals surface area contributed by atoms with Crippen molar-refractivity contribution in [2.75, 3.05) is 18.4 Å². The lowest BCUT2D eigenvalue weighted by Gasteiger charge is -2.25. The third-order valence-electron chi connectivity index (χ3n) is 7.03. The first kappa shape index (κ1) is 24.4. The maximum atomic E-state index is 11.9. The summed E-state index contributed by atoms with van der Waals surface area (Å²) in [6, 6.07) is 18.1. The van der Waals surface area contributed by atoms with Gasteiger partial charge in [0.2, 0.25) is 5.91 Å². The van der Waals surface area contributed by atoms with E-state index in [1.165, 1.54) is 17.8 Å². The molecule has 1 amide bonds. The van der Waals surface area contributed by atoms with E-state index in [-0.39, 0.29) is 5.91 Å². The number of pyridine rings is 1. The summed E-state index contributed by atoms with van der Waals surface area (Å²) in [6.07, 6.45) is 7.71. The molecule has 4 heterocycles. The van der Waals surface area contributed by atoms with Crippen molar-refractivity contribution in [3.05, 3.63) is 97.1 Å². The minimum atomic E-state index is -0.0550. The zero-order chi connectivity index (χ0) is 26.9. The minimum absolute atomic E-state index is 0.0550. The fourth-order valence-electron chi connectivity index (χ4n) is 4.85. The van der Waals surface area contributed by atoms with E-state index in [1.54, 1.807) is 4.90 Å². The van der Waals surface area contributed by atoms with Gasteiger partial charge in [0.05, 0.1) is 16.7 Å². The molecule has 0 unspecified atom stereocenters. The second-order valence-corrected chi connectivity index (χ2v) is 9.61. The van der Waals surface area contributed by atoms with Crippen LogP contribution in [0.4, 0.5) is 11.5 Å². The second-order valence-electron chi connectivity index (χ2n) is 9.61. The summed E-state index contributed by atoms with van der Waals surface area (Å²) >= 11 is 0. The zero-order valence-electron chi connectivity index (χ0n) is 21.9. The van der Waals surface area contributed by atoms with Crippen LogP contribution >= 0.6 is 0 Å². The minimum Gasteiger partial charge on any atom is -0.457 e. The Bertz CT molecular complexity index is 1770. The quantitative estimate of drug-likeness (QED) is 0.272. The number of hydrogen-bond acceptors (Lipinski definition) is 6. The molecular weight excluding hydrogens is 488 g/mol. The Kier molecular flexibility index (Phi) is 6.28. The van der Waals surface area contributed by atoms with E-state index in [0.717, 1.165) is 51.5 Å². The highest BCUT2D eigenvalue weighted by molar-refractivity contribution is 5.89. The molecule has 194 valence electrons. The van der Waals surface area contributed by atoms with E-state index in [1.807, 2.05) is 68.7 Å². The molecule has 0 radical (unpaired) electrons. The smallest absolute Gasteiger partial charge is 0.246 e. The Labute approximate surface area is 226 Å². The van der Waals surface area contributed by atoms with Crippen molar-refractivity contribution in [1.82, 2.24) is 24.4 Å². The van der Waals surface area contributed by atoms with Gasteiger partial charge in [-0.05, 0) is 84.5 Å². The van der Waals surface area contributed by atoms with E-state index in [4.69, 9.17) is 9.72 Å². The van der Waals surface area contributed by atoms with Crippen LogP contribution in [0, 0.1) is 6.92 Å². The topological polar surface area (TPSA) is 85.2 Å². The van der Waals surface area contributed by atoms with E-state index in [2.05, 4.69) is 38.6 Å². The number of anilines is 2. The van der Waals surface area contributed by atoms with Gasteiger partial charge in [0, 0.05) is 38.1 Å². The Morgan fingerprint density at radius 3 is 2.79 bits per heavy atom. The molecule has 0 spiro atoms. The van der Waals surface area contributed by atoms with Gasteiger partial charge in [0.1, 0.15) is 23.3 Å². The first-order chi connectivity index (χ1) is 19.0. The predicted octanol–water partition coefficient (Wildman–Crippen LogP) is 6.16. The molecule has 5 aromatic rings. The number of carbonyl (C=O) groups is 1. The Hall–Kier alpha value is -4.98. The number of nitrogens with one attached hydrogen (secondary N) is 1. The fourth-order valence-corrected chi connectivity index (χ4v) is 4.85. The highest BCUT2D eigenvalue weighted by atomic mass is 16.5. The van der Waals surface area contributed by atoms with Crippen molar-refractivity contribution >= 4 is 44.9 Å². The molecule has 8 heteroatoms. The van der Waals surface area contributed by atoms with Crippen molar-refractivity contribution in [3.63, 3.8) is 0 Å². The number of hydrogen-bond donors (Lipinski definition) is 1. The highest BCUT2D eigenvalue weighted by Gasteiger charge is 2.17. The summed E-state index contributed by atoms with van der Waals surface area (Å²) in [5.41, 5.74) is 6.40. The SMILES string of the molecule is C=CC(=O)N1CC=C(c2ccc3ncnc(Nc4ccc(Oc5ccc6ccn(C)c6c5)c(C)c4)c3n2)CC1. The first-order valence-corrected chi connectivity index (χ1v) is 12.8. The molecule has 3 aromatic heterocycles. The lowest BCUT2D eigenvalue weighted by atomic mass is 10.0. The molecule has 0 atom stereocenters. The van der Waals surface area contributed by atoms with Crippen LogP contribution in [0.1, 0.15) is 17.7 Å². The number of nitrogens with zero attached hydrogens (tertiary/aromatic N) is 5. The van der Waals surface area contributed by atoms with Crippen LogP contribution in [0.5, 0.6) is 11.5 Å². The van der Waals surface area contributed by atoms with Gasteiger partial charge in [-0.15, -0.1) is 0 Å². The van der Waals surface area contributed by atoms with Crippen molar-refractivity contribution in [2.45, 2.75) is 13.3 Å². The van der Waals surface area contributed by atoms with Crippen LogP contribution in [0.15, 0.2) is 85.9 Å². The van der Waals surface area contributed by atoms with Gasteiger partial charge >= 0.3 is 0 Å². The molecule has 0 aliphatic carbocycles. The van der Waals surface area contributed by atoms with Crippen LogP contribution in [0.3, 0.4) is 0 Å². The summed E-state index contributed by atoms with van der Waals surface area (Å²) in [6.45, 7) is 6.78. The maximum absolute atomic E-state index is 11.9. The number of rotatable bonds is 6. The molecule has 2 aromatic carbocycles. The Morgan fingerprint density at radius 2 is 2.00 bits per heavy atom. The first-order valence-electron chi connectivity index (χ1n) is 12.8. The van der Waals surface area contributed by atoms with Gasteiger partial charge in [0.25, 0.3) is 0 Å². The van der Waals surface area contributed by atoms with Gasteiger partial charge in [-0.1, -0.05) is 12.7 Å². The zero-order valence-corrected chi connectivity index (χ0v) is 21.9. The number of ether oxygens (including phenoxy) is 1. The number of fused-ring (bicyclic) bond motifs is 2. The lowest BCUT2D eigenvalue weighted by molar-refractivity contribution is -0.125. The molecule has 0 saturated heterocycles. The summed E-state index contributed by atoms with van der Waals surface area (Å²) in [7, 11) is 2.03. The molecule has 0 bridgehead atoms. The van der Waals surface area contributed by atoms with Crippen molar-refractivity contribution in [2.24, 2.45) is 7.05 Å². The molecule has 1 N–H and O–H groups in total. The van der Waals surface area contributed by atoms with Crippen LogP contribution in [-0.2, 0) is 11.8 Å². The van der Waals surface area contributed by atoms with Crippen molar-refractivity contribution < 1.29 is 9.53 Å². The third kappa shape index (κ3) is 4.84. The van der Waals surface area contributed by atoms with Crippen molar-refractivity contribution in [3.8, 4) is 11.5 Å². The molecule has 1 aliphatic heterocycles. The number of benzene rings is 2. The number of carbonyl (C=O) groups excluding carboxylic acids is 1. The Balaban J connectivity index is 1.23. The Morgan fingerprint density at radius 1 is 1.10 bits per heavy atom. The summed E-state index contributed by atoms with van der Waals surface area (Å²) in [5, 5.41) is 4.59. The monoisotopic (exact) mass is 516 g/mol. The lowest BCUT2D eigenvalue weighted by Crippen LogP contribution is -2.33. The predicted molar refractivity (Wildman–Crippen MR) is 154 cm³/mol. The van der Waals surface area contributed by atoms with Gasteiger partial charge in [0.15, 0.2) is 5.82 Å². The van der Waals surface area contributed by atoms with E-state index in [0.29, 0.717) is 24.4 Å². The summed E-state index contributed by atoms with van der Waals surface area (Å²) < 4.78 is 8.29. The van der Waals surface area contributed by atoms with Gasteiger partial charge < -0.3 is 19.5 Å². The van der Waals surface area contributed by atoms with Crippen LogP contribution in [0.2, 0.25) is 0 Å².